The number of nitrogen functional groups attached to an aromatic ring is 1. The maximum Gasteiger partial charge on any atom is 0.159 e. The molecule has 0 aliphatic carbocycles. The highest BCUT2D eigenvalue weighted by atomic mass is 15.1. The molecule has 96 valence electrons. The molecular weight excluding hydrogens is 236 g/mol. The number of rotatable bonds is 3. The van der Waals surface area contributed by atoms with Crippen molar-refractivity contribution in [1.29, 1.82) is 0 Å². The number of aryl methyl sites for hydroxylation is 1. The van der Waals surface area contributed by atoms with Crippen LogP contribution < -0.4 is 5.73 Å². The van der Waals surface area contributed by atoms with E-state index in [2.05, 4.69) is 21.5 Å². The van der Waals surface area contributed by atoms with Crippen LogP contribution in [0.4, 0.5) is 5.69 Å². The quantitative estimate of drug-likeness (QED) is 0.729. The lowest BCUT2D eigenvalue weighted by Crippen LogP contribution is -2.03. The second kappa shape index (κ2) is 4.72. The highest BCUT2D eigenvalue weighted by Crippen LogP contribution is 2.17. The first-order valence-corrected chi connectivity index (χ1v) is 6.42. The molecule has 0 aliphatic heterocycles. The maximum atomic E-state index is 5.71. The van der Waals surface area contributed by atoms with Crippen LogP contribution in [-0.2, 0) is 13.0 Å². The zero-order valence-electron chi connectivity index (χ0n) is 10.9. The van der Waals surface area contributed by atoms with E-state index >= 15 is 0 Å². The standard InChI is InChI=1S/C15H16N4/c1-2-19-14(10-11-5-7-12(16)8-6-11)18-13-4-3-9-17-15(13)19/h3-9H,2,10,16H2,1H3. The smallest absolute Gasteiger partial charge is 0.159 e. The Balaban J connectivity index is 2.02. The Morgan fingerprint density at radius 3 is 2.68 bits per heavy atom. The van der Waals surface area contributed by atoms with Crippen molar-refractivity contribution in [2.45, 2.75) is 19.9 Å². The Hall–Kier alpha value is -2.36. The molecule has 4 heteroatoms. The molecule has 3 aromatic rings. The summed E-state index contributed by atoms with van der Waals surface area (Å²) < 4.78 is 2.16. The normalized spacial score (nSPS) is 11.0. The summed E-state index contributed by atoms with van der Waals surface area (Å²) in [5.41, 5.74) is 9.61. The summed E-state index contributed by atoms with van der Waals surface area (Å²) in [4.78, 5) is 9.08. The summed E-state index contributed by atoms with van der Waals surface area (Å²) in [5.74, 6) is 1.04. The molecule has 0 aliphatic rings. The van der Waals surface area contributed by atoms with Crippen LogP contribution in [-0.4, -0.2) is 14.5 Å². The Bertz CT molecular complexity index is 698. The number of hydrogen-bond acceptors (Lipinski definition) is 3. The van der Waals surface area contributed by atoms with E-state index in [-0.39, 0.29) is 0 Å². The van der Waals surface area contributed by atoms with Crippen molar-refractivity contribution in [1.82, 2.24) is 14.5 Å². The number of hydrogen-bond donors (Lipinski definition) is 1. The van der Waals surface area contributed by atoms with Gasteiger partial charge >= 0.3 is 0 Å². The highest BCUT2D eigenvalue weighted by Gasteiger charge is 2.10. The van der Waals surface area contributed by atoms with Crippen LogP contribution in [0.5, 0.6) is 0 Å². The van der Waals surface area contributed by atoms with Crippen molar-refractivity contribution < 1.29 is 0 Å². The lowest BCUT2D eigenvalue weighted by Gasteiger charge is -2.05. The second-order valence-corrected chi connectivity index (χ2v) is 4.54. The van der Waals surface area contributed by atoms with Crippen LogP contribution in [0.15, 0.2) is 42.6 Å². The number of fused-ring (bicyclic) bond motifs is 1. The van der Waals surface area contributed by atoms with E-state index in [9.17, 15) is 0 Å². The average Bonchev–Trinajstić information content (AvgIpc) is 2.78. The zero-order valence-corrected chi connectivity index (χ0v) is 10.9. The van der Waals surface area contributed by atoms with E-state index in [0.29, 0.717) is 0 Å². The second-order valence-electron chi connectivity index (χ2n) is 4.54. The first kappa shape index (κ1) is 11.7. The van der Waals surface area contributed by atoms with E-state index in [0.717, 1.165) is 35.6 Å². The van der Waals surface area contributed by atoms with Gasteiger partial charge in [0, 0.05) is 24.8 Å². The van der Waals surface area contributed by atoms with Crippen LogP contribution in [0.25, 0.3) is 11.2 Å². The fourth-order valence-corrected chi connectivity index (χ4v) is 2.29. The minimum atomic E-state index is 0.786. The molecular formula is C15H16N4. The Labute approximate surface area is 111 Å². The van der Waals surface area contributed by atoms with E-state index < -0.39 is 0 Å². The van der Waals surface area contributed by atoms with Crippen molar-refractivity contribution >= 4 is 16.9 Å². The van der Waals surface area contributed by atoms with Crippen molar-refractivity contribution in [3.8, 4) is 0 Å². The Kier molecular flexibility index (Phi) is 2.91. The SMILES string of the molecule is CCn1c(Cc2ccc(N)cc2)nc2cccnc21. The number of nitrogens with two attached hydrogens (primary N) is 1. The molecule has 0 saturated heterocycles. The molecule has 3 rings (SSSR count). The predicted molar refractivity (Wildman–Crippen MR) is 76.9 cm³/mol. The minimum absolute atomic E-state index is 0.786. The van der Waals surface area contributed by atoms with Crippen LogP contribution in [0.3, 0.4) is 0 Å². The number of anilines is 1. The van der Waals surface area contributed by atoms with E-state index in [4.69, 9.17) is 5.73 Å². The molecule has 2 aromatic heterocycles. The maximum absolute atomic E-state index is 5.71. The first-order chi connectivity index (χ1) is 9.28. The molecule has 0 bridgehead atoms. The summed E-state index contributed by atoms with van der Waals surface area (Å²) in [6.07, 6.45) is 2.60. The Morgan fingerprint density at radius 2 is 1.95 bits per heavy atom. The Morgan fingerprint density at radius 1 is 1.16 bits per heavy atom. The molecule has 4 nitrogen and oxygen atoms in total. The summed E-state index contributed by atoms with van der Waals surface area (Å²) in [5, 5.41) is 0. The first-order valence-electron chi connectivity index (χ1n) is 6.42. The van der Waals surface area contributed by atoms with Crippen molar-refractivity contribution in [3.63, 3.8) is 0 Å². The number of pyridine rings is 1. The van der Waals surface area contributed by atoms with Crippen molar-refractivity contribution in [3.05, 3.63) is 54.0 Å². The molecule has 0 amide bonds. The third-order valence-corrected chi connectivity index (χ3v) is 3.24. The van der Waals surface area contributed by atoms with Gasteiger partial charge in [0.05, 0.1) is 0 Å². The number of nitrogens with zero attached hydrogens (tertiary/aromatic N) is 3. The monoisotopic (exact) mass is 252 g/mol. The molecule has 0 radical (unpaired) electrons. The fourth-order valence-electron chi connectivity index (χ4n) is 2.29. The highest BCUT2D eigenvalue weighted by molar-refractivity contribution is 5.71. The molecule has 0 spiro atoms. The van der Waals surface area contributed by atoms with Gasteiger partial charge in [-0.3, -0.25) is 0 Å². The van der Waals surface area contributed by atoms with Gasteiger partial charge in [-0.25, -0.2) is 9.97 Å². The predicted octanol–water partition coefficient (Wildman–Crippen LogP) is 2.62. The molecule has 0 fully saturated rings. The van der Waals surface area contributed by atoms with Gasteiger partial charge in [-0.1, -0.05) is 12.1 Å². The molecule has 0 atom stereocenters. The molecule has 19 heavy (non-hydrogen) atoms. The van der Waals surface area contributed by atoms with Gasteiger partial charge in [-0.05, 0) is 36.8 Å². The fraction of sp³-hybridized carbons (Fsp3) is 0.200. The lowest BCUT2D eigenvalue weighted by molar-refractivity contribution is 0.727. The van der Waals surface area contributed by atoms with Gasteiger partial charge in [0.15, 0.2) is 5.65 Å². The summed E-state index contributed by atoms with van der Waals surface area (Å²) >= 11 is 0. The molecule has 2 N–H and O–H groups in total. The number of aromatic nitrogens is 3. The molecule has 0 unspecified atom stereocenters. The van der Waals surface area contributed by atoms with Gasteiger partial charge in [-0.15, -0.1) is 0 Å². The molecule has 1 aromatic carbocycles. The van der Waals surface area contributed by atoms with Crippen LogP contribution in [0.1, 0.15) is 18.3 Å². The van der Waals surface area contributed by atoms with Crippen molar-refractivity contribution in [2.24, 2.45) is 0 Å². The van der Waals surface area contributed by atoms with Gasteiger partial charge in [0.25, 0.3) is 0 Å². The van der Waals surface area contributed by atoms with Gasteiger partial charge in [0.1, 0.15) is 11.3 Å². The topological polar surface area (TPSA) is 56.7 Å². The summed E-state index contributed by atoms with van der Waals surface area (Å²) in [6.45, 7) is 2.99. The molecule has 2 heterocycles. The summed E-state index contributed by atoms with van der Waals surface area (Å²) in [6, 6.07) is 11.9. The largest absolute Gasteiger partial charge is 0.399 e. The van der Waals surface area contributed by atoms with Gasteiger partial charge in [0.2, 0.25) is 0 Å². The van der Waals surface area contributed by atoms with Gasteiger partial charge in [-0.2, -0.15) is 0 Å². The lowest BCUT2D eigenvalue weighted by atomic mass is 10.1. The average molecular weight is 252 g/mol. The third kappa shape index (κ3) is 2.17. The van der Waals surface area contributed by atoms with E-state index in [1.807, 2.05) is 42.6 Å². The summed E-state index contributed by atoms with van der Waals surface area (Å²) in [7, 11) is 0. The molecule has 0 saturated carbocycles. The van der Waals surface area contributed by atoms with E-state index in [1.54, 1.807) is 0 Å². The van der Waals surface area contributed by atoms with Crippen LogP contribution in [0, 0.1) is 0 Å². The van der Waals surface area contributed by atoms with Crippen LogP contribution >= 0.6 is 0 Å². The van der Waals surface area contributed by atoms with Crippen LogP contribution in [0.2, 0.25) is 0 Å². The van der Waals surface area contributed by atoms with Crippen molar-refractivity contribution in [2.75, 3.05) is 5.73 Å². The zero-order chi connectivity index (χ0) is 13.2. The minimum Gasteiger partial charge on any atom is -0.399 e. The number of benzene rings is 1. The third-order valence-electron chi connectivity index (χ3n) is 3.24. The van der Waals surface area contributed by atoms with E-state index in [1.165, 1.54) is 5.56 Å². The number of imidazole rings is 1. The van der Waals surface area contributed by atoms with Gasteiger partial charge < -0.3 is 10.3 Å².